The molecule has 0 aromatic carbocycles. The van der Waals surface area contributed by atoms with Gasteiger partial charge in [0.1, 0.15) is 4.21 Å². The molecule has 2 aromatic rings. The van der Waals surface area contributed by atoms with Crippen LogP contribution in [0.15, 0.2) is 28.0 Å². The highest BCUT2D eigenvalue weighted by Gasteiger charge is 2.15. The van der Waals surface area contributed by atoms with E-state index in [1.165, 1.54) is 16.9 Å². The minimum Gasteiger partial charge on any atom is -0.392 e. The van der Waals surface area contributed by atoms with Crippen molar-refractivity contribution in [2.75, 3.05) is 6.54 Å². The Labute approximate surface area is 108 Å². The molecule has 0 saturated carbocycles. The van der Waals surface area contributed by atoms with E-state index in [0.29, 0.717) is 12.1 Å². The number of hydrogen-bond acceptors (Lipinski definition) is 6. The first-order valence-electron chi connectivity index (χ1n) is 5.14. The molecule has 0 aliphatic carbocycles. The van der Waals surface area contributed by atoms with E-state index in [2.05, 4.69) is 15.0 Å². The second-order valence-corrected chi connectivity index (χ2v) is 6.40. The molecule has 18 heavy (non-hydrogen) atoms. The third kappa shape index (κ3) is 3.13. The van der Waals surface area contributed by atoms with Gasteiger partial charge in [-0.05, 0) is 17.0 Å². The average molecular weight is 288 g/mol. The topological polar surface area (TPSA) is 97.1 Å². The lowest BCUT2D eigenvalue weighted by Gasteiger charge is -2.04. The Morgan fingerprint density at radius 2 is 2.33 bits per heavy atom. The second kappa shape index (κ2) is 5.57. The fraction of sp³-hybridized carbons (Fsp3) is 0.333. The number of sulfonamides is 1. The summed E-state index contributed by atoms with van der Waals surface area (Å²) >= 11 is 1.08. The van der Waals surface area contributed by atoms with Gasteiger partial charge in [-0.15, -0.1) is 16.4 Å². The highest BCUT2D eigenvalue weighted by molar-refractivity contribution is 7.91. The van der Waals surface area contributed by atoms with Crippen molar-refractivity contribution in [3.8, 4) is 0 Å². The van der Waals surface area contributed by atoms with Crippen molar-refractivity contribution in [2.45, 2.75) is 17.4 Å². The van der Waals surface area contributed by atoms with Gasteiger partial charge in [0.25, 0.3) is 0 Å². The summed E-state index contributed by atoms with van der Waals surface area (Å²) in [5.74, 6) is 0. The van der Waals surface area contributed by atoms with Crippen LogP contribution in [0.2, 0.25) is 0 Å². The number of aromatic nitrogens is 3. The molecule has 0 unspecified atom stereocenters. The Morgan fingerprint density at radius 3 is 2.94 bits per heavy atom. The molecule has 0 fully saturated rings. The van der Waals surface area contributed by atoms with Gasteiger partial charge in [0.05, 0.1) is 19.3 Å². The van der Waals surface area contributed by atoms with Crippen LogP contribution in [0.25, 0.3) is 0 Å². The summed E-state index contributed by atoms with van der Waals surface area (Å²) in [6, 6.07) is 1.46. The molecule has 2 rings (SSSR count). The molecule has 2 aromatic heterocycles. The van der Waals surface area contributed by atoms with Gasteiger partial charge in [-0.3, -0.25) is 4.68 Å². The van der Waals surface area contributed by atoms with E-state index in [-0.39, 0.29) is 17.4 Å². The molecule has 0 saturated heterocycles. The molecular formula is C9H12N4O3S2. The van der Waals surface area contributed by atoms with E-state index >= 15 is 0 Å². The van der Waals surface area contributed by atoms with Gasteiger partial charge < -0.3 is 5.11 Å². The minimum absolute atomic E-state index is 0.162. The lowest BCUT2D eigenvalue weighted by molar-refractivity contribution is 0.282. The number of aliphatic hydroxyl groups is 1. The maximum atomic E-state index is 11.9. The number of aliphatic hydroxyl groups excluding tert-OH is 1. The van der Waals surface area contributed by atoms with Gasteiger partial charge in [-0.25, -0.2) is 13.1 Å². The molecule has 2 heterocycles. The highest BCUT2D eigenvalue weighted by Crippen LogP contribution is 2.19. The molecular weight excluding hydrogens is 276 g/mol. The maximum absolute atomic E-state index is 11.9. The molecule has 0 atom stereocenters. The zero-order valence-electron chi connectivity index (χ0n) is 9.35. The van der Waals surface area contributed by atoms with Crippen molar-refractivity contribution in [1.82, 2.24) is 19.7 Å². The van der Waals surface area contributed by atoms with Gasteiger partial charge in [0.15, 0.2) is 0 Å². The molecule has 2 N–H and O–H groups in total. The van der Waals surface area contributed by atoms with Crippen LogP contribution in [-0.2, 0) is 23.2 Å². The van der Waals surface area contributed by atoms with E-state index in [4.69, 9.17) is 5.11 Å². The maximum Gasteiger partial charge on any atom is 0.250 e. The van der Waals surface area contributed by atoms with Crippen LogP contribution < -0.4 is 4.72 Å². The van der Waals surface area contributed by atoms with Crippen LogP contribution in [0.4, 0.5) is 0 Å². The Bertz CT molecular complexity index is 591. The molecule has 0 radical (unpaired) electrons. The quantitative estimate of drug-likeness (QED) is 0.768. The monoisotopic (exact) mass is 288 g/mol. The third-order valence-electron chi connectivity index (χ3n) is 2.18. The standard InChI is InChI=1S/C9H12N4O3S2/c14-6-8-5-9(17-7-8)18(15,16)11-2-4-13-3-1-10-12-13/h1,3,5,7,11,14H,2,4,6H2. The largest absolute Gasteiger partial charge is 0.392 e. The zero-order valence-corrected chi connectivity index (χ0v) is 11.0. The lowest BCUT2D eigenvalue weighted by atomic mass is 10.4. The SMILES string of the molecule is O=S(=O)(NCCn1ccnn1)c1cc(CO)cs1. The van der Waals surface area contributed by atoms with Crippen LogP contribution in [0.5, 0.6) is 0 Å². The smallest absolute Gasteiger partial charge is 0.250 e. The van der Waals surface area contributed by atoms with Crippen LogP contribution >= 0.6 is 11.3 Å². The summed E-state index contributed by atoms with van der Waals surface area (Å²) in [6.45, 7) is 0.487. The molecule has 0 bridgehead atoms. The van der Waals surface area contributed by atoms with E-state index in [9.17, 15) is 8.42 Å². The molecule has 9 heteroatoms. The number of rotatable bonds is 6. The summed E-state index contributed by atoms with van der Waals surface area (Å²) in [7, 11) is -3.51. The fourth-order valence-corrected chi connectivity index (χ4v) is 3.56. The van der Waals surface area contributed by atoms with Crippen molar-refractivity contribution >= 4 is 21.4 Å². The van der Waals surface area contributed by atoms with Crippen LogP contribution in [-0.4, -0.2) is 35.1 Å². The Balaban J connectivity index is 1.95. The lowest BCUT2D eigenvalue weighted by Crippen LogP contribution is -2.27. The van der Waals surface area contributed by atoms with Crippen molar-refractivity contribution in [2.24, 2.45) is 0 Å². The summed E-state index contributed by atoms with van der Waals surface area (Å²) in [5, 5.41) is 17.9. The van der Waals surface area contributed by atoms with E-state index in [0.717, 1.165) is 11.3 Å². The van der Waals surface area contributed by atoms with Crippen molar-refractivity contribution in [3.05, 3.63) is 29.4 Å². The Kier molecular flexibility index (Phi) is 4.07. The van der Waals surface area contributed by atoms with Crippen molar-refractivity contribution in [1.29, 1.82) is 0 Å². The molecule has 0 aliphatic heterocycles. The van der Waals surface area contributed by atoms with E-state index in [1.807, 2.05) is 0 Å². The van der Waals surface area contributed by atoms with Gasteiger partial charge in [0, 0.05) is 12.7 Å². The number of nitrogens with zero attached hydrogens (tertiary/aromatic N) is 3. The van der Waals surface area contributed by atoms with Gasteiger partial charge >= 0.3 is 0 Å². The van der Waals surface area contributed by atoms with Crippen LogP contribution in [0.1, 0.15) is 5.56 Å². The van der Waals surface area contributed by atoms with Crippen molar-refractivity contribution in [3.63, 3.8) is 0 Å². The fourth-order valence-electron chi connectivity index (χ4n) is 1.29. The predicted molar refractivity (Wildman–Crippen MR) is 65.5 cm³/mol. The van der Waals surface area contributed by atoms with Crippen LogP contribution in [0, 0.1) is 0 Å². The first kappa shape index (κ1) is 13.1. The van der Waals surface area contributed by atoms with Gasteiger partial charge in [0.2, 0.25) is 10.0 Å². The first-order chi connectivity index (χ1) is 8.62. The highest BCUT2D eigenvalue weighted by atomic mass is 32.2. The molecule has 0 aliphatic rings. The number of nitrogens with one attached hydrogen (secondary N) is 1. The predicted octanol–water partition coefficient (Wildman–Crippen LogP) is -0.190. The number of hydrogen-bond donors (Lipinski definition) is 2. The Morgan fingerprint density at radius 1 is 1.50 bits per heavy atom. The first-order valence-corrected chi connectivity index (χ1v) is 7.50. The van der Waals surface area contributed by atoms with Crippen LogP contribution in [0.3, 0.4) is 0 Å². The third-order valence-corrected chi connectivity index (χ3v) is 5.13. The van der Waals surface area contributed by atoms with E-state index in [1.54, 1.807) is 11.6 Å². The normalized spacial score (nSPS) is 11.8. The molecule has 0 amide bonds. The van der Waals surface area contributed by atoms with E-state index < -0.39 is 10.0 Å². The molecule has 98 valence electrons. The zero-order chi connectivity index (χ0) is 13.0. The summed E-state index contributed by atoms with van der Waals surface area (Å²) < 4.78 is 27.9. The average Bonchev–Trinajstić information content (AvgIpc) is 2.99. The van der Waals surface area contributed by atoms with Gasteiger partial charge in [-0.1, -0.05) is 5.21 Å². The summed E-state index contributed by atoms with van der Waals surface area (Å²) in [4.78, 5) is 0. The summed E-state index contributed by atoms with van der Waals surface area (Å²) in [6.07, 6.45) is 3.19. The minimum atomic E-state index is -3.51. The van der Waals surface area contributed by atoms with Crippen molar-refractivity contribution < 1.29 is 13.5 Å². The molecule has 0 spiro atoms. The Hall–Kier alpha value is -1.29. The van der Waals surface area contributed by atoms with Gasteiger partial charge in [-0.2, -0.15) is 0 Å². The number of thiophene rings is 1. The summed E-state index contributed by atoms with van der Waals surface area (Å²) in [5.41, 5.74) is 0.594. The second-order valence-electron chi connectivity index (χ2n) is 3.50. The molecule has 7 nitrogen and oxygen atoms in total.